The molecule has 1 aromatic carbocycles. The van der Waals surface area contributed by atoms with Crippen LogP contribution in [0.3, 0.4) is 0 Å². The normalized spacial score (nSPS) is 11.7. The van der Waals surface area contributed by atoms with Gasteiger partial charge in [-0.15, -0.1) is 12.4 Å². The van der Waals surface area contributed by atoms with E-state index in [0.29, 0.717) is 6.79 Å². The van der Waals surface area contributed by atoms with Gasteiger partial charge in [-0.1, -0.05) is 18.3 Å². The maximum atomic E-state index is 5.23. The van der Waals surface area contributed by atoms with E-state index in [1.165, 1.54) is 5.49 Å². The lowest BCUT2D eigenvalue weighted by Crippen LogP contribution is -2.08. The molecule has 3 nitrogen and oxygen atoms in total. The Morgan fingerprint density at radius 1 is 1.36 bits per heavy atom. The first-order chi connectivity index (χ1) is 6.40. The predicted molar refractivity (Wildman–Crippen MR) is 60.3 cm³/mol. The summed E-state index contributed by atoms with van der Waals surface area (Å²) in [6.07, 6.45) is 0. The number of hydrogen-bond acceptors (Lipinski definition) is 3. The summed E-state index contributed by atoms with van der Waals surface area (Å²) in [5.41, 5.74) is 2.63. The first-order valence-electron chi connectivity index (χ1n) is 3.96. The molecule has 1 heterocycles. The van der Waals surface area contributed by atoms with E-state index >= 15 is 0 Å². The van der Waals surface area contributed by atoms with Crippen LogP contribution in [-0.2, 0) is 6.54 Å². The van der Waals surface area contributed by atoms with Crippen molar-refractivity contribution in [3.05, 3.63) is 23.8 Å². The summed E-state index contributed by atoms with van der Waals surface area (Å²) in [5.74, 6) is 1.62. The van der Waals surface area contributed by atoms with E-state index in [-0.39, 0.29) is 12.4 Å². The highest BCUT2D eigenvalue weighted by Crippen LogP contribution is 2.32. The Kier molecular flexibility index (Phi) is 3.98. The first kappa shape index (κ1) is 11.1. The van der Waals surface area contributed by atoms with Gasteiger partial charge < -0.3 is 14.8 Å². The van der Waals surface area contributed by atoms with E-state index in [1.807, 2.05) is 18.2 Å². The molecule has 0 fully saturated rings. The standard InChI is InChI=1S/C9H9NO2S.ClH/c13-5-10-4-7-1-2-8-9(3-7)12-6-11-8;/h1-3,5H,4,6H2,(H,10,13);1H. The van der Waals surface area contributed by atoms with Gasteiger partial charge in [-0.2, -0.15) is 0 Å². The highest BCUT2D eigenvalue weighted by atomic mass is 35.5. The fraction of sp³-hybridized carbons (Fsp3) is 0.222. The zero-order chi connectivity index (χ0) is 9.10. The SMILES string of the molecule is Cl.S=CNCc1ccc2c(c1)OCO2. The fourth-order valence-corrected chi connectivity index (χ4v) is 1.29. The summed E-state index contributed by atoms with van der Waals surface area (Å²) in [7, 11) is 0. The molecule has 0 spiro atoms. The lowest BCUT2D eigenvalue weighted by atomic mass is 10.2. The van der Waals surface area contributed by atoms with Crippen LogP contribution in [0.4, 0.5) is 0 Å². The van der Waals surface area contributed by atoms with Crippen molar-refractivity contribution in [3.63, 3.8) is 0 Å². The summed E-state index contributed by atoms with van der Waals surface area (Å²) < 4.78 is 10.4. The number of hydrogen-bond donors (Lipinski definition) is 1. The average molecular weight is 232 g/mol. The second kappa shape index (κ2) is 5.02. The summed E-state index contributed by atoms with van der Waals surface area (Å²) in [4.78, 5) is 0. The minimum atomic E-state index is 0. The van der Waals surface area contributed by atoms with Crippen molar-refractivity contribution in [1.82, 2.24) is 5.32 Å². The Morgan fingerprint density at radius 2 is 2.14 bits per heavy atom. The number of ether oxygens (including phenoxy) is 2. The third-order valence-electron chi connectivity index (χ3n) is 1.83. The van der Waals surface area contributed by atoms with Crippen molar-refractivity contribution in [2.24, 2.45) is 0 Å². The average Bonchev–Trinajstić information content (AvgIpc) is 2.61. The molecule has 1 aromatic rings. The van der Waals surface area contributed by atoms with Gasteiger partial charge in [0.25, 0.3) is 0 Å². The molecular weight excluding hydrogens is 222 g/mol. The van der Waals surface area contributed by atoms with Gasteiger partial charge in [0.2, 0.25) is 6.79 Å². The first-order valence-corrected chi connectivity index (χ1v) is 4.43. The Balaban J connectivity index is 0.000000980. The maximum Gasteiger partial charge on any atom is 0.231 e. The van der Waals surface area contributed by atoms with Crippen molar-refractivity contribution in [1.29, 1.82) is 0 Å². The van der Waals surface area contributed by atoms with Crippen LogP contribution < -0.4 is 14.8 Å². The predicted octanol–water partition coefficient (Wildman–Crippen LogP) is 1.88. The lowest BCUT2D eigenvalue weighted by Gasteiger charge is -2.01. The van der Waals surface area contributed by atoms with Crippen LogP contribution in [0.1, 0.15) is 5.56 Å². The van der Waals surface area contributed by atoms with Crippen LogP contribution in [0.25, 0.3) is 0 Å². The molecular formula is C9H10ClNO2S. The Hall–Kier alpha value is -1.00. The smallest absolute Gasteiger partial charge is 0.231 e. The summed E-state index contributed by atoms with van der Waals surface area (Å²) in [5, 5.41) is 2.95. The van der Waals surface area contributed by atoms with Crippen LogP contribution in [-0.4, -0.2) is 12.3 Å². The molecule has 2 rings (SSSR count). The molecule has 0 saturated heterocycles. The van der Waals surface area contributed by atoms with E-state index in [2.05, 4.69) is 17.5 Å². The molecule has 5 heteroatoms. The quantitative estimate of drug-likeness (QED) is 0.805. The van der Waals surface area contributed by atoms with Crippen LogP contribution in [0, 0.1) is 0 Å². The molecule has 0 radical (unpaired) electrons. The van der Waals surface area contributed by atoms with Crippen molar-refractivity contribution in [2.45, 2.75) is 6.54 Å². The molecule has 1 aliphatic rings. The molecule has 76 valence electrons. The molecule has 1 N–H and O–H groups in total. The van der Waals surface area contributed by atoms with E-state index in [9.17, 15) is 0 Å². The molecule has 0 bridgehead atoms. The van der Waals surface area contributed by atoms with Gasteiger partial charge in [0.15, 0.2) is 11.5 Å². The minimum Gasteiger partial charge on any atom is -0.454 e. The van der Waals surface area contributed by atoms with Gasteiger partial charge in [0.05, 0.1) is 5.49 Å². The summed E-state index contributed by atoms with van der Waals surface area (Å²) >= 11 is 4.66. The topological polar surface area (TPSA) is 30.5 Å². The third kappa shape index (κ3) is 2.27. The van der Waals surface area contributed by atoms with Crippen molar-refractivity contribution in [2.75, 3.05) is 6.79 Å². The van der Waals surface area contributed by atoms with Crippen LogP contribution in [0.15, 0.2) is 18.2 Å². The minimum absolute atomic E-state index is 0. The second-order valence-electron chi connectivity index (χ2n) is 2.69. The van der Waals surface area contributed by atoms with Crippen LogP contribution >= 0.6 is 24.6 Å². The number of halogens is 1. The van der Waals surface area contributed by atoms with Crippen molar-refractivity contribution in [3.8, 4) is 11.5 Å². The van der Waals surface area contributed by atoms with Gasteiger partial charge >= 0.3 is 0 Å². The van der Waals surface area contributed by atoms with E-state index < -0.39 is 0 Å². The van der Waals surface area contributed by atoms with E-state index in [1.54, 1.807) is 0 Å². The number of nitrogens with one attached hydrogen (secondary N) is 1. The highest BCUT2D eigenvalue weighted by molar-refractivity contribution is 7.78. The van der Waals surface area contributed by atoms with E-state index in [0.717, 1.165) is 23.6 Å². The lowest BCUT2D eigenvalue weighted by molar-refractivity contribution is 0.174. The summed E-state index contributed by atoms with van der Waals surface area (Å²) in [6, 6.07) is 5.84. The Morgan fingerprint density at radius 3 is 2.93 bits per heavy atom. The monoisotopic (exact) mass is 231 g/mol. The van der Waals surface area contributed by atoms with E-state index in [4.69, 9.17) is 9.47 Å². The molecule has 0 unspecified atom stereocenters. The zero-order valence-electron chi connectivity index (χ0n) is 7.36. The number of rotatable bonds is 3. The van der Waals surface area contributed by atoms with Crippen molar-refractivity contribution < 1.29 is 9.47 Å². The van der Waals surface area contributed by atoms with Gasteiger partial charge in [0, 0.05) is 6.54 Å². The van der Waals surface area contributed by atoms with Gasteiger partial charge in [-0.25, -0.2) is 0 Å². The number of benzene rings is 1. The second-order valence-corrected chi connectivity index (χ2v) is 2.92. The molecule has 0 aromatic heterocycles. The highest BCUT2D eigenvalue weighted by Gasteiger charge is 2.12. The number of fused-ring (bicyclic) bond motifs is 1. The van der Waals surface area contributed by atoms with Crippen LogP contribution in [0.2, 0.25) is 0 Å². The van der Waals surface area contributed by atoms with Gasteiger partial charge in [-0.05, 0) is 17.7 Å². The Labute approximate surface area is 93.8 Å². The van der Waals surface area contributed by atoms with Crippen molar-refractivity contribution >= 4 is 30.1 Å². The third-order valence-corrected chi connectivity index (χ3v) is 1.99. The maximum absolute atomic E-state index is 5.23. The van der Waals surface area contributed by atoms with Crippen LogP contribution in [0.5, 0.6) is 11.5 Å². The fourth-order valence-electron chi connectivity index (χ4n) is 1.21. The zero-order valence-corrected chi connectivity index (χ0v) is 8.99. The molecule has 1 aliphatic heterocycles. The molecule has 0 saturated carbocycles. The number of thiocarbonyl (C=S) groups is 1. The molecule has 14 heavy (non-hydrogen) atoms. The van der Waals surface area contributed by atoms with Gasteiger partial charge in [-0.3, -0.25) is 0 Å². The van der Waals surface area contributed by atoms with Gasteiger partial charge in [0.1, 0.15) is 0 Å². The molecule has 0 aliphatic carbocycles. The summed E-state index contributed by atoms with van der Waals surface area (Å²) in [6.45, 7) is 1.04. The Bertz CT molecular complexity index is 333. The molecule has 0 amide bonds. The molecule has 0 atom stereocenters. The largest absolute Gasteiger partial charge is 0.454 e.